The lowest BCUT2D eigenvalue weighted by Crippen LogP contribution is -2.17. The van der Waals surface area contributed by atoms with E-state index in [4.69, 9.17) is 10.7 Å². The second kappa shape index (κ2) is 5.39. The average Bonchev–Trinajstić information content (AvgIpc) is 2.83. The number of thiazole rings is 1. The number of fused-ring (bicyclic) bond motifs is 1. The van der Waals surface area contributed by atoms with Gasteiger partial charge in [0.05, 0.1) is 10.7 Å². The van der Waals surface area contributed by atoms with Crippen LogP contribution < -0.4 is 5.73 Å². The van der Waals surface area contributed by atoms with Crippen molar-refractivity contribution in [3.05, 3.63) is 51.2 Å². The normalized spacial score (nSPS) is 18.3. The second-order valence-electron chi connectivity index (χ2n) is 5.01. The van der Waals surface area contributed by atoms with Crippen LogP contribution in [0, 0.1) is 5.82 Å². The van der Waals surface area contributed by atoms with Gasteiger partial charge < -0.3 is 5.73 Å². The Hall–Kier alpha value is -1.26. The van der Waals surface area contributed by atoms with E-state index >= 15 is 0 Å². The molecule has 2 nitrogen and oxygen atoms in total. The third kappa shape index (κ3) is 2.55. The summed E-state index contributed by atoms with van der Waals surface area (Å²) in [5.41, 5.74) is 7.70. The van der Waals surface area contributed by atoms with Crippen molar-refractivity contribution in [1.82, 2.24) is 4.98 Å². The Labute approximate surface area is 116 Å². The van der Waals surface area contributed by atoms with Gasteiger partial charge in [-0.1, -0.05) is 18.2 Å². The molecule has 0 aliphatic heterocycles. The SMILES string of the molecule is NCC1CCCc2sc(Cc3ccccc3F)nc21. The molecule has 3 rings (SSSR count). The van der Waals surface area contributed by atoms with Gasteiger partial charge in [0.25, 0.3) is 0 Å². The van der Waals surface area contributed by atoms with E-state index in [2.05, 4.69) is 0 Å². The fourth-order valence-corrected chi connectivity index (χ4v) is 3.89. The number of aromatic nitrogens is 1. The summed E-state index contributed by atoms with van der Waals surface area (Å²) in [5, 5.41) is 1.01. The molecule has 1 aliphatic rings. The van der Waals surface area contributed by atoms with Crippen molar-refractivity contribution in [2.24, 2.45) is 5.73 Å². The lowest BCUT2D eigenvalue weighted by atomic mass is 9.91. The lowest BCUT2D eigenvalue weighted by molar-refractivity contribution is 0.553. The first-order valence-electron chi connectivity index (χ1n) is 6.70. The van der Waals surface area contributed by atoms with Crippen molar-refractivity contribution in [3.8, 4) is 0 Å². The summed E-state index contributed by atoms with van der Waals surface area (Å²) in [4.78, 5) is 6.07. The largest absolute Gasteiger partial charge is 0.330 e. The smallest absolute Gasteiger partial charge is 0.126 e. The molecular weight excluding hydrogens is 259 g/mol. The highest BCUT2D eigenvalue weighted by Gasteiger charge is 2.23. The Morgan fingerprint density at radius 1 is 1.37 bits per heavy atom. The number of rotatable bonds is 3. The number of hydrogen-bond acceptors (Lipinski definition) is 3. The van der Waals surface area contributed by atoms with E-state index in [0.29, 0.717) is 18.9 Å². The highest BCUT2D eigenvalue weighted by Crippen LogP contribution is 2.34. The predicted octanol–water partition coefficient (Wildman–Crippen LogP) is 3.25. The molecule has 0 fully saturated rings. The lowest BCUT2D eigenvalue weighted by Gasteiger charge is -2.18. The molecule has 100 valence electrons. The van der Waals surface area contributed by atoms with E-state index in [0.717, 1.165) is 23.4 Å². The van der Waals surface area contributed by atoms with Gasteiger partial charge in [0.15, 0.2) is 0 Å². The topological polar surface area (TPSA) is 38.9 Å². The molecule has 1 aromatic heterocycles. The summed E-state index contributed by atoms with van der Waals surface area (Å²) >= 11 is 1.72. The van der Waals surface area contributed by atoms with Crippen LogP contribution in [-0.4, -0.2) is 11.5 Å². The zero-order valence-corrected chi connectivity index (χ0v) is 11.5. The van der Waals surface area contributed by atoms with Crippen LogP contribution in [0.4, 0.5) is 4.39 Å². The summed E-state index contributed by atoms with van der Waals surface area (Å²) < 4.78 is 13.7. The number of aryl methyl sites for hydroxylation is 1. The van der Waals surface area contributed by atoms with E-state index < -0.39 is 0 Å². The van der Waals surface area contributed by atoms with Crippen LogP contribution in [0.25, 0.3) is 0 Å². The first-order chi connectivity index (χ1) is 9.28. The predicted molar refractivity (Wildman–Crippen MR) is 76.1 cm³/mol. The first kappa shape index (κ1) is 12.8. The maximum atomic E-state index is 13.7. The fourth-order valence-electron chi connectivity index (χ4n) is 2.67. The van der Waals surface area contributed by atoms with E-state index in [-0.39, 0.29) is 5.82 Å². The van der Waals surface area contributed by atoms with Crippen molar-refractivity contribution in [1.29, 1.82) is 0 Å². The molecule has 0 saturated heterocycles. The summed E-state index contributed by atoms with van der Waals surface area (Å²) in [6.45, 7) is 0.663. The third-order valence-corrected chi connectivity index (χ3v) is 4.83. The van der Waals surface area contributed by atoms with Crippen molar-refractivity contribution >= 4 is 11.3 Å². The van der Waals surface area contributed by atoms with Crippen molar-refractivity contribution < 1.29 is 4.39 Å². The van der Waals surface area contributed by atoms with Crippen molar-refractivity contribution in [2.45, 2.75) is 31.6 Å². The van der Waals surface area contributed by atoms with Crippen LogP contribution in [0.1, 0.15) is 39.9 Å². The highest BCUT2D eigenvalue weighted by molar-refractivity contribution is 7.11. The molecule has 1 heterocycles. The Kier molecular flexibility index (Phi) is 3.62. The van der Waals surface area contributed by atoms with Gasteiger partial charge >= 0.3 is 0 Å². The summed E-state index contributed by atoms with van der Waals surface area (Å²) in [7, 11) is 0. The van der Waals surface area contributed by atoms with Crippen LogP contribution in [-0.2, 0) is 12.8 Å². The maximum Gasteiger partial charge on any atom is 0.126 e. The quantitative estimate of drug-likeness (QED) is 0.934. The minimum Gasteiger partial charge on any atom is -0.330 e. The number of nitrogens with zero attached hydrogens (tertiary/aromatic N) is 1. The number of hydrogen-bond donors (Lipinski definition) is 1. The minimum atomic E-state index is -0.147. The Bertz CT molecular complexity index is 579. The summed E-state index contributed by atoms with van der Waals surface area (Å²) in [5.74, 6) is 0.250. The van der Waals surface area contributed by atoms with Gasteiger partial charge in [-0.3, -0.25) is 0 Å². The van der Waals surface area contributed by atoms with Gasteiger partial charge in [0, 0.05) is 23.8 Å². The molecule has 0 saturated carbocycles. The second-order valence-corrected chi connectivity index (χ2v) is 6.18. The molecule has 4 heteroatoms. The van der Waals surface area contributed by atoms with Gasteiger partial charge in [-0.25, -0.2) is 9.37 Å². The Balaban J connectivity index is 1.87. The molecule has 1 atom stereocenters. The standard InChI is InChI=1S/C15H17FN2S/c16-12-6-2-1-4-10(12)8-14-18-15-11(9-17)5-3-7-13(15)19-14/h1-2,4,6,11H,3,5,7-9,17H2. The van der Waals surface area contributed by atoms with Crippen molar-refractivity contribution in [2.75, 3.05) is 6.54 Å². The Morgan fingerprint density at radius 3 is 3.00 bits per heavy atom. The summed E-state index contributed by atoms with van der Waals surface area (Å²) in [6, 6.07) is 6.92. The number of halogens is 1. The van der Waals surface area contributed by atoms with Gasteiger partial charge in [-0.2, -0.15) is 0 Å². The number of nitrogens with two attached hydrogens (primary N) is 1. The zero-order chi connectivity index (χ0) is 13.2. The first-order valence-corrected chi connectivity index (χ1v) is 7.51. The van der Waals surface area contributed by atoms with Crippen molar-refractivity contribution in [3.63, 3.8) is 0 Å². The van der Waals surface area contributed by atoms with Gasteiger partial charge in [-0.15, -0.1) is 11.3 Å². The molecule has 0 bridgehead atoms. The van der Waals surface area contributed by atoms with E-state index in [1.165, 1.54) is 23.1 Å². The Morgan fingerprint density at radius 2 is 2.21 bits per heavy atom. The molecule has 1 aliphatic carbocycles. The average molecular weight is 276 g/mol. The van der Waals surface area contributed by atoms with Crippen LogP contribution in [0.3, 0.4) is 0 Å². The molecule has 2 aromatic rings. The van der Waals surface area contributed by atoms with E-state index in [9.17, 15) is 4.39 Å². The molecule has 0 spiro atoms. The molecule has 19 heavy (non-hydrogen) atoms. The number of benzene rings is 1. The molecular formula is C15H17FN2S. The zero-order valence-electron chi connectivity index (χ0n) is 10.7. The molecule has 1 unspecified atom stereocenters. The van der Waals surface area contributed by atoms with Crippen LogP contribution >= 0.6 is 11.3 Å². The fraction of sp³-hybridized carbons (Fsp3) is 0.400. The van der Waals surface area contributed by atoms with Crippen LogP contribution in [0.2, 0.25) is 0 Å². The van der Waals surface area contributed by atoms with Gasteiger partial charge in [0.1, 0.15) is 5.82 Å². The van der Waals surface area contributed by atoms with Gasteiger partial charge in [0.2, 0.25) is 0 Å². The maximum absolute atomic E-state index is 13.7. The minimum absolute atomic E-state index is 0.147. The van der Waals surface area contributed by atoms with E-state index in [1.807, 2.05) is 12.1 Å². The molecule has 1 aromatic carbocycles. The molecule has 0 radical (unpaired) electrons. The third-order valence-electron chi connectivity index (χ3n) is 3.70. The molecule has 2 N–H and O–H groups in total. The van der Waals surface area contributed by atoms with Crippen LogP contribution in [0.15, 0.2) is 24.3 Å². The highest BCUT2D eigenvalue weighted by atomic mass is 32.1. The molecule has 0 amide bonds. The van der Waals surface area contributed by atoms with Crippen LogP contribution in [0.5, 0.6) is 0 Å². The summed E-state index contributed by atoms with van der Waals surface area (Å²) in [6.07, 6.45) is 4.00. The van der Waals surface area contributed by atoms with Gasteiger partial charge in [-0.05, 0) is 30.9 Å². The monoisotopic (exact) mass is 276 g/mol. The van der Waals surface area contributed by atoms with E-state index in [1.54, 1.807) is 17.4 Å².